The van der Waals surface area contributed by atoms with Crippen LogP contribution >= 0.6 is 0 Å². The number of ketones is 3. The van der Waals surface area contributed by atoms with Crippen LogP contribution in [0, 0.1) is 83.5 Å². The fourth-order valence-electron chi connectivity index (χ4n) is 15.1. The third-order valence-electron chi connectivity index (χ3n) is 21.3. The first-order chi connectivity index (χ1) is 50.8. The van der Waals surface area contributed by atoms with Crippen molar-refractivity contribution in [3.05, 3.63) is 94.6 Å². The molecule has 2 fully saturated rings. The topological polar surface area (TPSA) is 285 Å². The number of Topliss-reactive ketones (excluding diaryl/α,β-unsaturated/α-hetero) is 3. The van der Waals surface area contributed by atoms with Gasteiger partial charge >= 0.3 is 18.2 Å². The number of methoxy groups -OCH3 is 2. The summed E-state index contributed by atoms with van der Waals surface area (Å²) in [6, 6.07) is 10.2. The number of piperidine rings is 1. The molecule has 29 heteroatoms. The Morgan fingerprint density at radius 3 is 1.92 bits per heavy atom. The van der Waals surface area contributed by atoms with E-state index in [2.05, 4.69) is 26.0 Å². The van der Waals surface area contributed by atoms with Gasteiger partial charge in [-0.1, -0.05) is 111 Å². The number of nitrogens with two attached hydrogens (primary N) is 1. The Bertz CT molecular complexity index is 3490. The zero-order valence-corrected chi connectivity index (χ0v) is 65.2. The Labute approximate surface area is 630 Å². The van der Waals surface area contributed by atoms with Crippen LogP contribution in [0.4, 0.5) is 41.2 Å². The number of anilines is 1. The molecule has 602 valence electrons. The van der Waals surface area contributed by atoms with E-state index in [0.717, 1.165) is 17.4 Å². The number of carbonyl (C=O) groups is 10. The minimum atomic E-state index is -4.92. The molecule has 3 aromatic rings. The standard InChI is InChI=1S/C79H114F7N9O13/c1-16-47(8)71(93(13)76(103)56(44(2)3)41-60(98)70(46(6)7)92(11)12)61(106-14)42-64(100)95-35-21-26-57(95)72(107-15)48(9)58(96)39-54(37-50-23-18-17-19-24-50)74(101)89-43-51-28-30-55(31-29-51)90-75(102)52(25-20-33-88-78(87)105)38-59(97)69(45(4)5)91-63(99)27-22-34-94-36-32-53(40-62(94)79(84,85)86)77(104)108-73-66(81)49(10)65(80)67(82)68(73)83/h17-19,23-24,28-31,44-48,52-54,56-57,61-62,69-72H,16,20-22,25-27,32-43H2,1-15H3,(H,89,101)(H,90,102)(H,91,99)(H3,87,88,105)/t47-,48-,52+,53?,54+,56-,57-,61+,62?,69-,70-,71-,72+/m0/s1. The number of hydrogen-bond acceptors (Lipinski definition) is 15. The maximum Gasteiger partial charge on any atom is 0.404 e. The molecule has 2 heterocycles. The molecule has 3 aromatic carbocycles. The fraction of sp³-hybridized carbons (Fsp3) is 0.646. The van der Waals surface area contributed by atoms with Crippen molar-refractivity contribution in [1.29, 1.82) is 0 Å². The van der Waals surface area contributed by atoms with Crippen LogP contribution in [0.15, 0.2) is 54.6 Å². The molecule has 2 saturated heterocycles. The highest BCUT2D eigenvalue weighted by Crippen LogP contribution is 2.38. The van der Waals surface area contributed by atoms with Gasteiger partial charge in [0.1, 0.15) is 11.8 Å². The molecule has 6 N–H and O–H groups in total. The lowest BCUT2D eigenvalue weighted by Gasteiger charge is -2.41. The van der Waals surface area contributed by atoms with E-state index >= 15 is 0 Å². The highest BCUT2D eigenvalue weighted by Gasteiger charge is 2.49. The Morgan fingerprint density at radius 1 is 0.694 bits per heavy atom. The van der Waals surface area contributed by atoms with Crippen LogP contribution in [0.25, 0.3) is 0 Å². The molecular formula is C79H114F7N9O13. The third-order valence-corrected chi connectivity index (χ3v) is 21.3. The number of primary amides is 1. The van der Waals surface area contributed by atoms with E-state index < -0.39 is 155 Å². The first-order valence-electron chi connectivity index (χ1n) is 37.5. The number of urea groups is 1. The maximum atomic E-state index is 14.7. The van der Waals surface area contributed by atoms with Crippen molar-refractivity contribution in [2.75, 3.05) is 66.9 Å². The van der Waals surface area contributed by atoms with Gasteiger partial charge in [-0.05, 0) is 132 Å². The van der Waals surface area contributed by atoms with Gasteiger partial charge < -0.3 is 51.0 Å². The molecule has 0 bridgehead atoms. The predicted molar refractivity (Wildman–Crippen MR) is 393 cm³/mol. The molecule has 0 spiro atoms. The maximum absolute atomic E-state index is 14.7. The number of likely N-dealkylation sites (N-methyl/N-ethyl adjacent to an activating group) is 2. The largest absolute Gasteiger partial charge is 0.420 e. The molecule has 0 aliphatic carbocycles. The van der Waals surface area contributed by atoms with Crippen LogP contribution < -0.4 is 31.7 Å². The third kappa shape index (κ3) is 25.3. The van der Waals surface area contributed by atoms with E-state index in [4.69, 9.17) is 15.2 Å². The summed E-state index contributed by atoms with van der Waals surface area (Å²) < 4.78 is 117. The van der Waals surface area contributed by atoms with Gasteiger partial charge in [-0.15, -0.1) is 0 Å². The van der Waals surface area contributed by atoms with Crippen LogP contribution in [0.5, 0.6) is 5.75 Å². The van der Waals surface area contributed by atoms with Crippen molar-refractivity contribution in [1.82, 2.24) is 35.6 Å². The summed E-state index contributed by atoms with van der Waals surface area (Å²) in [5.74, 6) is -19.3. The van der Waals surface area contributed by atoms with E-state index in [-0.39, 0.29) is 138 Å². The molecular weight excluding hydrogens is 1420 g/mol. The molecule has 2 unspecified atom stereocenters. The van der Waals surface area contributed by atoms with Gasteiger partial charge in [0.25, 0.3) is 0 Å². The molecule has 0 aromatic heterocycles. The van der Waals surface area contributed by atoms with Crippen molar-refractivity contribution < 1.29 is 92.9 Å². The highest BCUT2D eigenvalue weighted by molar-refractivity contribution is 5.97. The number of nitrogens with one attached hydrogen (secondary N) is 4. The zero-order valence-electron chi connectivity index (χ0n) is 65.2. The summed E-state index contributed by atoms with van der Waals surface area (Å²) in [7, 11) is 8.48. The number of benzene rings is 3. The number of likely N-dealkylation sites (tertiary alicyclic amines) is 2. The van der Waals surface area contributed by atoms with Gasteiger partial charge in [0.05, 0.1) is 48.7 Å². The second-order valence-corrected chi connectivity index (χ2v) is 30.4. The second-order valence-electron chi connectivity index (χ2n) is 30.4. The van der Waals surface area contributed by atoms with Crippen molar-refractivity contribution >= 4 is 64.6 Å². The van der Waals surface area contributed by atoms with Crippen molar-refractivity contribution in [3.8, 4) is 5.75 Å². The number of ether oxygens (including phenoxy) is 3. The Morgan fingerprint density at radius 2 is 1.34 bits per heavy atom. The fourth-order valence-corrected chi connectivity index (χ4v) is 15.1. The number of alkyl halides is 3. The number of esters is 1. The summed E-state index contributed by atoms with van der Waals surface area (Å²) in [6.07, 6.45) is -6.22. The van der Waals surface area contributed by atoms with Gasteiger partial charge in [0, 0.05) is 102 Å². The molecule has 108 heavy (non-hydrogen) atoms. The van der Waals surface area contributed by atoms with Crippen molar-refractivity contribution in [2.24, 2.45) is 59.0 Å². The Kier molecular flexibility index (Phi) is 35.6. The van der Waals surface area contributed by atoms with E-state index in [9.17, 15) is 78.7 Å². The van der Waals surface area contributed by atoms with Gasteiger partial charge in [-0.2, -0.15) is 17.6 Å². The van der Waals surface area contributed by atoms with Crippen molar-refractivity contribution in [3.63, 3.8) is 0 Å². The highest BCUT2D eigenvalue weighted by atomic mass is 19.4. The average molecular weight is 1530 g/mol. The van der Waals surface area contributed by atoms with Crippen LogP contribution in [0.2, 0.25) is 0 Å². The summed E-state index contributed by atoms with van der Waals surface area (Å²) in [6.45, 7) is 17.5. The quantitative estimate of drug-likeness (QED) is 0.00880. The van der Waals surface area contributed by atoms with Crippen molar-refractivity contribution in [2.45, 2.75) is 214 Å². The molecule has 7 amide bonds. The Hall–Kier alpha value is -7.89. The number of hydrogen-bond donors (Lipinski definition) is 5. The molecule has 2 aliphatic heterocycles. The lowest BCUT2D eigenvalue weighted by molar-refractivity contribution is -0.197. The van der Waals surface area contributed by atoms with Crippen LogP contribution in [-0.4, -0.2) is 189 Å². The molecule has 2 aliphatic rings. The molecule has 0 saturated carbocycles. The lowest BCUT2D eigenvalue weighted by atomic mass is 9.83. The van der Waals surface area contributed by atoms with E-state index in [1.165, 1.54) is 14.2 Å². The first-order valence-corrected chi connectivity index (χ1v) is 37.5. The van der Waals surface area contributed by atoms with Gasteiger partial charge in [0.2, 0.25) is 41.1 Å². The predicted octanol–water partition coefficient (Wildman–Crippen LogP) is 10.9. The smallest absolute Gasteiger partial charge is 0.404 e. The van der Waals surface area contributed by atoms with E-state index in [1.807, 2.05) is 90.9 Å². The van der Waals surface area contributed by atoms with Crippen LogP contribution in [0.3, 0.4) is 0 Å². The summed E-state index contributed by atoms with van der Waals surface area (Å²) in [4.78, 5) is 144. The van der Waals surface area contributed by atoms with Crippen LogP contribution in [-0.2, 0) is 65.6 Å². The zero-order chi connectivity index (χ0) is 80.8. The van der Waals surface area contributed by atoms with E-state index in [1.54, 1.807) is 61.9 Å². The summed E-state index contributed by atoms with van der Waals surface area (Å²) in [5, 5.41) is 10.9. The molecule has 5 rings (SSSR count). The number of rotatable bonds is 42. The molecule has 0 radical (unpaired) electrons. The molecule has 13 atom stereocenters. The number of nitrogens with zero attached hydrogens (tertiary/aromatic N) is 4. The second kappa shape index (κ2) is 42.3. The van der Waals surface area contributed by atoms with Gasteiger partial charge in [-0.25, -0.2) is 18.0 Å². The van der Waals surface area contributed by atoms with E-state index in [0.29, 0.717) is 37.1 Å². The number of amides is 7. The SMILES string of the molecule is CC[C@H](C)[C@@H]([C@@H](CC(=O)N1CCC[C@H]1[C@H](OC)[C@@H](C)C(=O)C[C@@H](Cc1ccccc1)C(=O)NCc1ccc(NC(=O)[C@H](CCCNC(N)=O)CC(=O)[C@@H](NC(=O)CCCN2CCC(C(=O)Oc3c(F)c(C)c(F)c(F)c3F)CC2C(F)(F)F)C(C)C)cc1)OC)N(C)C(=O)[C@@H](CC(=O)[C@H](C(C)C)N(C)C)C(C)C. The van der Waals surface area contributed by atoms with Crippen LogP contribution in [0.1, 0.15) is 162 Å². The first kappa shape index (κ1) is 90.7. The summed E-state index contributed by atoms with van der Waals surface area (Å²) >= 11 is 0. The lowest BCUT2D eigenvalue weighted by Crippen LogP contribution is -2.54. The Balaban J connectivity index is 1.21. The average Bonchev–Trinajstić information content (AvgIpc) is 1.49. The summed E-state index contributed by atoms with van der Waals surface area (Å²) in [5.41, 5.74) is 6.03. The van der Waals surface area contributed by atoms with Gasteiger partial charge in [0.15, 0.2) is 29.0 Å². The minimum Gasteiger partial charge on any atom is -0.420 e. The minimum absolute atomic E-state index is 0.00923. The number of halogens is 7. The monoisotopic (exact) mass is 1530 g/mol. The van der Waals surface area contributed by atoms with Gasteiger partial charge in [-0.3, -0.25) is 53.0 Å². The normalized spacial score (nSPS) is 18.5. The molecule has 22 nitrogen and oxygen atoms in total. The number of carbonyl (C=O) groups excluding carboxylic acids is 10.